The van der Waals surface area contributed by atoms with Crippen LogP contribution in [0.4, 0.5) is 5.69 Å². The normalized spacial score (nSPS) is 18.2. The number of nitrogens with one attached hydrogen (secondary N) is 3. The first-order chi connectivity index (χ1) is 9.08. The van der Waals surface area contributed by atoms with Crippen LogP contribution in [0.1, 0.15) is 28.4 Å². The number of amides is 1. The van der Waals surface area contributed by atoms with E-state index in [0.29, 0.717) is 17.8 Å². The Morgan fingerprint density at radius 2 is 2.16 bits per heavy atom. The third-order valence-electron chi connectivity index (χ3n) is 3.56. The fourth-order valence-electron chi connectivity index (χ4n) is 2.65. The average Bonchev–Trinajstić information content (AvgIpc) is 2.70. The van der Waals surface area contributed by atoms with Gasteiger partial charge in [-0.15, -0.1) is 5.53 Å². The molecule has 100 valence electrons. The number of rotatable bonds is 1. The van der Waals surface area contributed by atoms with Crippen molar-refractivity contribution in [3.05, 3.63) is 34.5 Å². The van der Waals surface area contributed by atoms with E-state index in [1.807, 2.05) is 31.1 Å². The van der Waals surface area contributed by atoms with Crippen molar-refractivity contribution in [2.24, 2.45) is 0 Å². The van der Waals surface area contributed by atoms with Gasteiger partial charge in [0.1, 0.15) is 0 Å². The Morgan fingerprint density at radius 3 is 2.84 bits per heavy atom. The van der Waals surface area contributed by atoms with Crippen LogP contribution in [0.25, 0.3) is 5.70 Å². The number of carbonyl (C=O) groups excluding carboxylic acids is 1. The lowest BCUT2D eigenvalue weighted by molar-refractivity contribution is 0.0946. The summed E-state index contributed by atoms with van der Waals surface area (Å²) in [6.07, 6.45) is 0.789. The Bertz CT molecular complexity index is 593. The lowest BCUT2D eigenvalue weighted by atomic mass is 9.94. The third-order valence-corrected chi connectivity index (χ3v) is 3.56. The molecule has 0 spiro atoms. The number of nitrogens with two attached hydrogens (primary N) is 1. The summed E-state index contributed by atoms with van der Waals surface area (Å²) in [5, 5.41) is 4.72. The number of fused-ring (bicyclic) bond motifs is 1. The molecule has 1 aromatic carbocycles. The van der Waals surface area contributed by atoms with E-state index in [-0.39, 0.29) is 5.91 Å². The van der Waals surface area contributed by atoms with Gasteiger partial charge >= 0.3 is 0 Å². The van der Waals surface area contributed by atoms with Crippen molar-refractivity contribution in [2.75, 3.05) is 19.3 Å². The monoisotopic (exact) mass is 259 g/mol. The van der Waals surface area contributed by atoms with Gasteiger partial charge in [-0.05, 0) is 31.0 Å². The molecule has 1 amide bonds. The molecular weight excluding hydrogens is 242 g/mol. The topological polar surface area (TPSA) is 82.4 Å². The maximum Gasteiger partial charge on any atom is 0.251 e. The molecule has 0 unspecified atom stereocenters. The summed E-state index contributed by atoms with van der Waals surface area (Å²) in [5.74, 6) is -0.0466. The highest BCUT2D eigenvalue weighted by atomic mass is 16.1. The van der Waals surface area contributed by atoms with E-state index >= 15 is 0 Å². The standard InChI is InChI=1S/C13H17N5O/c1-7-12(18(2)17-16-7)8-5-10-9(11(14)6-8)3-4-15-13(10)19/h5-6,16-17H,3-4,14H2,1-2H3,(H,15,19). The van der Waals surface area contributed by atoms with Gasteiger partial charge in [0.05, 0.1) is 11.4 Å². The second-order valence-corrected chi connectivity index (χ2v) is 4.87. The second kappa shape index (κ2) is 4.17. The molecule has 0 saturated carbocycles. The maximum atomic E-state index is 11.9. The number of allylic oxidation sites excluding steroid dienone is 1. The molecule has 6 nitrogen and oxygen atoms in total. The molecule has 0 aromatic heterocycles. The second-order valence-electron chi connectivity index (χ2n) is 4.87. The first-order valence-electron chi connectivity index (χ1n) is 6.25. The Hall–Kier alpha value is -2.21. The van der Waals surface area contributed by atoms with E-state index in [1.54, 1.807) is 0 Å². The molecular formula is C13H17N5O. The number of hydrogen-bond donors (Lipinski definition) is 4. The first kappa shape index (κ1) is 11.9. The van der Waals surface area contributed by atoms with Gasteiger partial charge in [0.25, 0.3) is 5.91 Å². The van der Waals surface area contributed by atoms with Gasteiger partial charge in [0, 0.05) is 30.4 Å². The summed E-state index contributed by atoms with van der Waals surface area (Å²) in [7, 11) is 1.91. The van der Waals surface area contributed by atoms with Gasteiger partial charge in [-0.3, -0.25) is 9.80 Å². The van der Waals surface area contributed by atoms with E-state index in [0.717, 1.165) is 28.9 Å². The van der Waals surface area contributed by atoms with Crippen molar-refractivity contribution in [2.45, 2.75) is 13.3 Å². The molecule has 19 heavy (non-hydrogen) atoms. The van der Waals surface area contributed by atoms with Crippen LogP contribution in [0.2, 0.25) is 0 Å². The molecule has 0 fully saturated rings. The zero-order valence-corrected chi connectivity index (χ0v) is 11.0. The zero-order valence-electron chi connectivity index (χ0n) is 11.0. The molecule has 0 saturated heterocycles. The smallest absolute Gasteiger partial charge is 0.251 e. The minimum absolute atomic E-state index is 0.0466. The Morgan fingerprint density at radius 1 is 1.37 bits per heavy atom. The van der Waals surface area contributed by atoms with Gasteiger partial charge in [0.2, 0.25) is 0 Å². The molecule has 5 N–H and O–H groups in total. The van der Waals surface area contributed by atoms with Crippen molar-refractivity contribution in [3.63, 3.8) is 0 Å². The molecule has 6 heteroatoms. The lowest BCUT2D eigenvalue weighted by Crippen LogP contribution is -2.34. The molecule has 0 radical (unpaired) electrons. The number of nitrogens with zero attached hydrogens (tertiary/aromatic N) is 1. The van der Waals surface area contributed by atoms with Crippen LogP contribution in [0.3, 0.4) is 0 Å². The predicted molar refractivity (Wildman–Crippen MR) is 73.5 cm³/mol. The minimum Gasteiger partial charge on any atom is -0.398 e. The van der Waals surface area contributed by atoms with Crippen LogP contribution >= 0.6 is 0 Å². The highest BCUT2D eigenvalue weighted by Crippen LogP contribution is 2.29. The van der Waals surface area contributed by atoms with Gasteiger partial charge in [-0.25, -0.2) is 0 Å². The van der Waals surface area contributed by atoms with E-state index in [4.69, 9.17) is 5.73 Å². The quantitative estimate of drug-likeness (QED) is 0.542. The zero-order chi connectivity index (χ0) is 13.6. The first-order valence-corrected chi connectivity index (χ1v) is 6.25. The predicted octanol–water partition coefficient (Wildman–Crippen LogP) is 0.198. The van der Waals surface area contributed by atoms with Gasteiger partial charge in [-0.2, -0.15) is 0 Å². The van der Waals surface area contributed by atoms with Crippen LogP contribution < -0.4 is 22.0 Å². The summed E-state index contributed by atoms with van der Waals surface area (Å²) >= 11 is 0. The molecule has 2 aliphatic rings. The largest absolute Gasteiger partial charge is 0.398 e. The van der Waals surface area contributed by atoms with Crippen LogP contribution in [0, 0.1) is 0 Å². The molecule has 2 heterocycles. The van der Waals surface area contributed by atoms with E-state index in [9.17, 15) is 4.79 Å². The van der Waals surface area contributed by atoms with Crippen molar-refractivity contribution in [1.82, 2.24) is 21.3 Å². The van der Waals surface area contributed by atoms with Crippen molar-refractivity contribution >= 4 is 17.3 Å². The van der Waals surface area contributed by atoms with Gasteiger partial charge in [0.15, 0.2) is 0 Å². The fraction of sp³-hybridized carbons (Fsp3) is 0.308. The van der Waals surface area contributed by atoms with Crippen molar-refractivity contribution in [3.8, 4) is 0 Å². The molecule has 2 aliphatic heterocycles. The lowest BCUT2D eigenvalue weighted by Gasteiger charge is -2.21. The summed E-state index contributed by atoms with van der Waals surface area (Å²) in [6, 6.07) is 3.84. The molecule has 0 aliphatic carbocycles. The van der Waals surface area contributed by atoms with Crippen LogP contribution in [-0.4, -0.2) is 24.5 Å². The average molecular weight is 259 g/mol. The van der Waals surface area contributed by atoms with Crippen molar-refractivity contribution < 1.29 is 4.79 Å². The van der Waals surface area contributed by atoms with Gasteiger partial charge in [-0.1, -0.05) is 0 Å². The molecule has 0 bridgehead atoms. The number of hydrazine groups is 2. The van der Waals surface area contributed by atoms with E-state index in [2.05, 4.69) is 16.3 Å². The highest BCUT2D eigenvalue weighted by Gasteiger charge is 2.23. The summed E-state index contributed by atoms with van der Waals surface area (Å²) < 4.78 is 0. The Balaban J connectivity index is 2.15. The van der Waals surface area contributed by atoms with Crippen LogP contribution in [0.5, 0.6) is 0 Å². The minimum atomic E-state index is -0.0466. The Labute approximate surface area is 111 Å². The molecule has 3 rings (SSSR count). The number of hydrogen-bond acceptors (Lipinski definition) is 5. The summed E-state index contributed by atoms with van der Waals surface area (Å²) in [4.78, 5) is 11.9. The highest BCUT2D eigenvalue weighted by molar-refractivity contribution is 5.99. The summed E-state index contributed by atoms with van der Waals surface area (Å²) in [6.45, 7) is 2.63. The number of carbonyl (C=O) groups is 1. The molecule has 0 atom stereocenters. The number of anilines is 1. The SMILES string of the molecule is CC1=C(c2cc(N)c3c(c2)C(=O)NCC3)N(C)NN1. The molecule has 1 aromatic rings. The number of nitrogen functional groups attached to an aromatic ring is 1. The van der Waals surface area contributed by atoms with Crippen LogP contribution in [-0.2, 0) is 6.42 Å². The van der Waals surface area contributed by atoms with Gasteiger partial charge < -0.3 is 16.5 Å². The van der Waals surface area contributed by atoms with Crippen molar-refractivity contribution in [1.29, 1.82) is 0 Å². The summed E-state index contributed by atoms with van der Waals surface area (Å²) in [5.41, 5.74) is 17.4. The third kappa shape index (κ3) is 1.80. The number of benzene rings is 1. The van der Waals surface area contributed by atoms with E-state index < -0.39 is 0 Å². The maximum absolute atomic E-state index is 11.9. The Kier molecular flexibility index (Phi) is 2.60. The van der Waals surface area contributed by atoms with Crippen LogP contribution in [0.15, 0.2) is 17.8 Å². The van der Waals surface area contributed by atoms with E-state index in [1.165, 1.54) is 0 Å². The fourth-order valence-corrected chi connectivity index (χ4v) is 2.65.